The molecule has 6 rings (SSSR count). The molecule has 3 fully saturated rings. The fraction of sp³-hybridized carbons (Fsp3) is 0.586. The number of rotatable bonds is 13. The smallest absolute Gasteiger partial charge is 0.459 e. The van der Waals surface area contributed by atoms with Crippen molar-refractivity contribution in [3.8, 4) is 5.75 Å². The first-order valence-electron chi connectivity index (χ1n) is 15.1. The maximum atomic E-state index is 16.3. The number of para-hydroxylation sites is 1. The van der Waals surface area contributed by atoms with Crippen LogP contribution in [0.5, 0.6) is 5.75 Å². The number of carbonyl (C=O) groups excluding carboxylic acids is 1. The van der Waals surface area contributed by atoms with Crippen LogP contribution in [0.1, 0.15) is 66.0 Å². The van der Waals surface area contributed by atoms with Gasteiger partial charge in [-0.15, -0.1) is 0 Å². The first kappa shape index (κ1) is 30.7. The van der Waals surface area contributed by atoms with Gasteiger partial charge >= 0.3 is 13.7 Å². The highest BCUT2D eigenvalue weighted by Crippen LogP contribution is 2.50. The zero-order valence-corrected chi connectivity index (χ0v) is 26.2. The predicted molar refractivity (Wildman–Crippen MR) is 160 cm³/mol. The van der Waals surface area contributed by atoms with Gasteiger partial charge in [0.05, 0.1) is 12.4 Å². The molecule has 0 amide bonds. The number of hydrogen-bond donors (Lipinski definition) is 2. The third-order valence-corrected chi connectivity index (χ3v) is 9.36. The highest BCUT2D eigenvalue weighted by atomic mass is 31.2. The molecule has 1 aliphatic heterocycles. The number of nitrogens with zero attached hydrogens (tertiary/aromatic N) is 5. The Hall–Kier alpha value is -3.32. The van der Waals surface area contributed by atoms with E-state index in [1.165, 1.54) is 6.92 Å². The lowest BCUT2D eigenvalue weighted by Gasteiger charge is -2.27. The molecule has 0 bridgehead atoms. The van der Waals surface area contributed by atoms with Crippen molar-refractivity contribution in [1.82, 2.24) is 24.6 Å². The van der Waals surface area contributed by atoms with E-state index in [2.05, 4.69) is 24.9 Å². The highest BCUT2D eigenvalue weighted by Gasteiger charge is 2.49. The van der Waals surface area contributed by atoms with Crippen molar-refractivity contribution < 1.29 is 32.3 Å². The van der Waals surface area contributed by atoms with Gasteiger partial charge in [0.25, 0.3) is 0 Å². The molecule has 15 heteroatoms. The molecule has 1 unspecified atom stereocenters. The zero-order valence-electron chi connectivity index (χ0n) is 25.3. The van der Waals surface area contributed by atoms with Crippen molar-refractivity contribution in [2.24, 2.45) is 5.92 Å². The molecule has 238 valence electrons. The molecule has 2 aliphatic carbocycles. The number of esters is 1. The van der Waals surface area contributed by atoms with Crippen LogP contribution in [0, 0.1) is 5.92 Å². The molecule has 5 atom stereocenters. The molecule has 2 saturated carbocycles. The number of nitrogens with two attached hydrogens (primary N) is 1. The van der Waals surface area contributed by atoms with E-state index in [0.717, 1.165) is 25.7 Å². The van der Waals surface area contributed by atoms with Gasteiger partial charge in [0.2, 0.25) is 11.8 Å². The molecule has 44 heavy (non-hydrogen) atoms. The number of nitrogen functional groups attached to an aromatic ring is 1. The molecule has 3 heterocycles. The molecule has 0 radical (unpaired) electrons. The van der Waals surface area contributed by atoms with Crippen LogP contribution in [0.15, 0.2) is 36.7 Å². The summed E-state index contributed by atoms with van der Waals surface area (Å²) >= 11 is 0. The number of carbonyl (C=O) groups is 1. The third-order valence-electron chi connectivity index (χ3n) is 7.74. The summed E-state index contributed by atoms with van der Waals surface area (Å²) in [5.74, 6) is -2.32. The van der Waals surface area contributed by atoms with Crippen LogP contribution < -0.4 is 20.2 Å². The summed E-state index contributed by atoms with van der Waals surface area (Å²) in [5.41, 5.74) is 7.20. The SMILES string of the molecule is CC(C)OC(=O)[C@H](C)NP(=O)(OC[C@]1(F)C[C@H](C)[C@H](n2cnc3c(N(C4CC4)C4CC4)nc(N)nc32)O1)Oc1ccccc1. The highest BCUT2D eigenvalue weighted by molar-refractivity contribution is 7.52. The van der Waals surface area contributed by atoms with Crippen molar-refractivity contribution in [3.63, 3.8) is 0 Å². The van der Waals surface area contributed by atoms with E-state index in [0.29, 0.717) is 29.1 Å². The van der Waals surface area contributed by atoms with Gasteiger partial charge in [-0.2, -0.15) is 15.1 Å². The van der Waals surface area contributed by atoms with E-state index < -0.39 is 38.4 Å². The lowest BCUT2D eigenvalue weighted by molar-refractivity contribution is -0.173. The molecular formula is C29H39FN7O6P. The van der Waals surface area contributed by atoms with Crippen LogP contribution in [-0.2, 0) is 23.4 Å². The lowest BCUT2D eigenvalue weighted by Crippen LogP contribution is -2.37. The molecule has 2 aromatic heterocycles. The van der Waals surface area contributed by atoms with Gasteiger partial charge < -0.3 is 24.6 Å². The summed E-state index contributed by atoms with van der Waals surface area (Å²) in [6.45, 7) is 5.97. The fourth-order valence-corrected chi connectivity index (χ4v) is 7.06. The minimum Gasteiger partial charge on any atom is -0.462 e. The van der Waals surface area contributed by atoms with Crippen LogP contribution in [0.4, 0.5) is 16.2 Å². The van der Waals surface area contributed by atoms with Gasteiger partial charge in [-0.05, 0) is 58.6 Å². The molecule has 3 aliphatic rings. The Morgan fingerprint density at radius 2 is 1.89 bits per heavy atom. The van der Waals surface area contributed by atoms with Crippen LogP contribution in [0.25, 0.3) is 11.2 Å². The van der Waals surface area contributed by atoms with Crippen LogP contribution in [0.3, 0.4) is 0 Å². The first-order valence-corrected chi connectivity index (χ1v) is 16.6. The second-order valence-corrected chi connectivity index (χ2v) is 13.9. The predicted octanol–water partition coefficient (Wildman–Crippen LogP) is 4.89. The van der Waals surface area contributed by atoms with Gasteiger partial charge in [0, 0.05) is 24.4 Å². The van der Waals surface area contributed by atoms with E-state index in [4.69, 9.17) is 24.3 Å². The summed E-state index contributed by atoms with van der Waals surface area (Å²) in [6, 6.07) is 8.04. The third kappa shape index (κ3) is 6.68. The molecule has 1 saturated heterocycles. The quantitative estimate of drug-likeness (QED) is 0.195. The van der Waals surface area contributed by atoms with Crippen molar-refractivity contribution in [1.29, 1.82) is 0 Å². The number of nitrogens with one attached hydrogen (secondary N) is 1. The van der Waals surface area contributed by atoms with Crippen molar-refractivity contribution >= 4 is 36.6 Å². The molecule has 1 aromatic carbocycles. The number of benzene rings is 1. The largest absolute Gasteiger partial charge is 0.462 e. The Morgan fingerprint density at radius 3 is 2.52 bits per heavy atom. The van der Waals surface area contributed by atoms with Crippen LogP contribution >= 0.6 is 7.75 Å². The van der Waals surface area contributed by atoms with E-state index in [-0.39, 0.29) is 30.1 Å². The van der Waals surface area contributed by atoms with Crippen molar-refractivity contribution in [2.75, 3.05) is 17.2 Å². The summed E-state index contributed by atoms with van der Waals surface area (Å²) in [7, 11) is -4.29. The molecular weight excluding hydrogens is 592 g/mol. The average Bonchev–Trinajstić information content (AvgIpc) is 3.90. The molecule has 3 N–H and O–H groups in total. The van der Waals surface area contributed by atoms with E-state index in [9.17, 15) is 9.36 Å². The van der Waals surface area contributed by atoms with Crippen molar-refractivity contribution in [2.45, 2.75) is 96.1 Å². The maximum absolute atomic E-state index is 16.3. The summed E-state index contributed by atoms with van der Waals surface area (Å²) in [5, 5.41) is 2.58. The van der Waals surface area contributed by atoms with E-state index in [1.807, 2.05) is 6.92 Å². The summed E-state index contributed by atoms with van der Waals surface area (Å²) in [6.07, 6.45) is 4.70. The Kier molecular flexibility index (Phi) is 8.29. The molecule has 0 spiro atoms. The number of ether oxygens (including phenoxy) is 2. The second-order valence-electron chi connectivity index (χ2n) is 12.2. The topological polar surface area (TPSA) is 156 Å². The fourth-order valence-electron chi connectivity index (χ4n) is 5.54. The summed E-state index contributed by atoms with van der Waals surface area (Å²) < 4.78 is 54.3. The summed E-state index contributed by atoms with van der Waals surface area (Å²) in [4.78, 5) is 28.4. The Bertz CT molecular complexity index is 1540. The number of anilines is 2. The first-order chi connectivity index (χ1) is 20.9. The number of imidazole rings is 1. The van der Waals surface area contributed by atoms with Gasteiger partial charge in [-0.25, -0.2) is 13.9 Å². The van der Waals surface area contributed by atoms with E-state index in [1.54, 1.807) is 55.1 Å². The second kappa shape index (κ2) is 11.9. The standard InChI is InChI=1S/C29H39FN7O6P/c1-17(2)41-27(38)19(4)35-44(39,43-22-8-6-5-7-9-22)40-15-29(30)14-18(3)26(42-29)36-16-32-23-24(36)33-28(31)34-25(23)37(20-10-11-20)21-12-13-21/h5-9,16-21,26H,10-15H2,1-4H3,(H,35,39)(H2,31,33,34)/t18-,19-,26+,29-,44?/m0/s1. The molecule has 3 aromatic rings. The van der Waals surface area contributed by atoms with E-state index >= 15 is 4.39 Å². The normalized spacial score (nSPS) is 25.6. The Morgan fingerprint density at radius 1 is 1.20 bits per heavy atom. The minimum atomic E-state index is -4.29. The average molecular weight is 632 g/mol. The number of fused-ring (bicyclic) bond motifs is 1. The van der Waals surface area contributed by atoms with Gasteiger partial charge in [-0.1, -0.05) is 25.1 Å². The van der Waals surface area contributed by atoms with Crippen LogP contribution in [0.2, 0.25) is 0 Å². The van der Waals surface area contributed by atoms with Gasteiger partial charge in [0.15, 0.2) is 17.0 Å². The monoisotopic (exact) mass is 631 g/mol. The minimum absolute atomic E-state index is 0.0721. The molecule has 13 nitrogen and oxygen atoms in total. The van der Waals surface area contributed by atoms with Crippen LogP contribution in [-0.4, -0.2) is 62.2 Å². The maximum Gasteiger partial charge on any atom is 0.459 e. The number of alkyl halides is 1. The zero-order chi connectivity index (χ0) is 31.2. The number of hydrogen-bond acceptors (Lipinski definition) is 11. The van der Waals surface area contributed by atoms with Gasteiger partial charge in [0.1, 0.15) is 24.6 Å². The Balaban J connectivity index is 1.21. The van der Waals surface area contributed by atoms with Gasteiger partial charge in [-0.3, -0.25) is 13.9 Å². The number of aromatic nitrogens is 4. The Labute approximate surface area is 255 Å². The van der Waals surface area contributed by atoms with Crippen molar-refractivity contribution in [3.05, 3.63) is 36.7 Å². The lowest BCUT2D eigenvalue weighted by atomic mass is 10.1. The number of halogens is 1.